The highest BCUT2D eigenvalue weighted by atomic mass is 16.3. The number of aromatic hydroxyl groups is 1. The molecule has 5 nitrogen and oxygen atoms in total. The van der Waals surface area contributed by atoms with Crippen LogP contribution in [0.25, 0.3) is 10.8 Å². The molecule has 30 heavy (non-hydrogen) atoms. The number of carbonyl (C=O) groups excluding carboxylic acids is 1. The number of pyridine rings is 1. The van der Waals surface area contributed by atoms with E-state index in [9.17, 15) is 14.7 Å². The van der Waals surface area contributed by atoms with E-state index in [1.165, 1.54) is 0 Å². The molecule has 0 spiro atoms. The standard InChI is InChI=1S/C25H22N2O3/c28-20-12-10-18(11-13-20)14-15-26-24(29)23-17-27(16-19-6-2-1-3-7-19)25(30)22-9-5-4-8-21(22)23/h1-13,17,28H,14-16H2,(H,26,29). The largest absolute Gasteiger partial charge is 0.508 e. The normalized spacial score (nSPS) is 10.8. The van der Waals surface area contributed by atoms with Crippen LogP contribution >= 0.6 is 0 Å². The maximum absolute atomic E-state index is 13.0. The molecule has 0 bridgehead atoms. The third kappa shape index (κ3) is 4.25. The summed E-state index contributed by atoms with van der Waals surface area (Å²) in [6, 6.07) is 23.8. The molecule has 0 radical (unpaired) electrons. The first-order chi connectivity index (χ1) is 14.6. The smallest absolute Gasteiger partial charge is 0.258 e. The molecule has 150 valence electrons. The van der Waals surface area contributed by atoms with Gasteiger partial charge in [0.05, 0.1) is 12.1 Å². The highest BCUT2D eigenvalue weighted by Gasteiger charge is 2.14. The van der Waals surface area contributed by atoms with E-state index in [4.69, 9.17) is 0 Å². The Bertz CT molecular complexity index is 1230. The van der Waals surface area contributed by atoms with Gasteiger partial charge in [-0.2, -0.15) is 0 Å². The number of phenols is 1. The van der Waals surface area contributed by atoms with Crippen LogP contribution in [0.1, 0.15) is 21.5 Å². The van der Waals surface area contributed by atoms with Crippen molar-refractivity contribution < 1.29 is 9.90 Å². The highest BCUT2D eigenvalue weighted by molar-refractivity contribution is 6.06. The van der Waals surface area contributed by atoms with Crippen LogP contribution in [0.3, 0.4) is 0 Å². The molecule has 1 heterocycles. The van der Waals surface area contributed by atoms with Crippen LogP contribution in [0.4, 0.5) is 0 Å². The number of hydrogen-bond acceptors (Lipinski definition) is 3. The average molecular weight is 398 g/mol. The maximum atomic E-state index is 13.0. The second-order valence-electron chi connectivity index (χ2n) is 7.18. The zero-order chi connectivity index (χ0) is 20.9. The van der Waals surface area contributed by atoms with Gasteiger partial charge in [-0.1, -0.05) is 60.7 Å². The molecule has 1 amide bonds. The monoisotopic (exact) mass is 398 g/mol. The minimum Gasteiger partial charge on any atom is -0.508 e. The Morgan fingerprint density at radius 3 is 2.23 bits per heavy atom. The summed E-state index contributed by atoms with van der Waals surface area (Å²) in [5.74, 6) is 0.00159. The summed E-state index contributed by atoms with van der Waals surface area (Å²) in [6.45, 7) is 0.855. The van der Waals surface area contributed by atoms with Crippen LogP contribution in [-0.4, -0.2) is 22.1 Å². The Kier molecular flexibility index (Phi) is 5.61. The summed E-state index contributed by atoms with van der Waals surface area (Å²) in [6.07, 6.45) is 2.29. The zero-order valence-electron chi connectivity index (χ0n) is 16.4. The molecule has 0 saturated carbocycles. The number of hydrogen-bond donors (Lipinski definition) is 2. The van der Waals surface area contributed by atoms with E-state index >= 15 is 0 Å². The fourth-order valence-corrected chi connectivity index (χ4v) is 3.50. The number of phenolic OH excluding ortho intramolecular Hbond substituents is 1. The van der Waals surface area contributed by atoms with Crippen molar-refractivity contribution in [3.05, 3.63) is 112 Å². The van der Waals surface area contributed by atoms with Crippen molar-refractivity contribution in [2.24, 2.45) is 0 Å². The molecule has 0 atom stereocenters. The lowest BCUT2D eigenvalue weighted by Gasteiger charge is -2.13. The first-order valence-corrected chi connectivity index (χ1v) is 9.84. The molecular formula is C25H22N2O3. The molecule has 4 rings (SSSR count). The number of fused-ring (bicyclic) bond motifs is 1. The van der Waals surface area contributed by atoms with E-state index in [2.05, 4.69) is 5.32 Å². The van der Waals surface area contributed by atoms with Crippen molar-refractivity contribution in [1.29, 1.82) is 0 Å². The molecule has 1 aromatic heterocycles. The lowest BCUT2D eigenvalue weighted by Crippen LogP contribution is -2.29. The van der Waals surface area contributed by atoms with Gasteiger partial charge >= 0.3 is 0 Å². The molecule has 0 unspecified atom stereocenters. The summed E-state index contributed by atoms with van der Waals surface area (Å²) in [5.41, 5.74) is 2.38. The molecule has 0 fully saturated rings. The minimum absolute atomic E-state index is 0.116. The second-order valence-corrected chi connectivity index (χ2v) is 7.18. The van der Waals surface area contributed by atoms with Crippen molar-refractivity contribution in [2.75, 3.05) is 6.54 Å². The molecule has 2 N–H and O–H groups in total. The highest BCUT2D eigenvalue weighted by Crippen LogP contribution is 2.16. The maximum Gasteiger partial charge on any atom is 0.258 e. The van der Waals surface area contributed by atoms with Gasteiger partial charge in [-0.3, -0.25) is 9.59 Å². The Labute approximate surface area is 174 Å². The van der Waals surface area contributed by atoms with Gasteiger partial charge in [-0.25, -0.2) is 0 Å². The van der Waals surface area contributed by atoms with Crippen LogP contribution in [0, 0.1) is 0 Å². The van der Waals surface area contributed by atoms with E-state index in [1.54, 1.807) is 35.0 Å². The van der Waals surface area contributed by atoms with Crippen LogP contribution in [0.5, 0.6) is 5.75 Å². The predicted molar refractivity (Wildman–Crippen MR) is 118 cm³/mol. The van der Waals surface area contributed by atoms with Gasteiger partial charge in [0, 0.05) is 23.5 Å². The summed E-state index contributed by atoms with van der Waals surface area (Å²) < 4.78 is 1.59. The number of nitrogens with one attached hydrogen (secondary N) is 1. The fourth-order valence-electron chi connectivity index (χ4n) is 3.50. The average Bonchev–Trinajstić information content (AvgIpc) is 2.78. The van der Waals surface area contributed by atoms with E-state index in [0.29, 0.717) is 35.8 Å². The van der Waals surface area contributed by atoms with Crippen LogP contribution < -0.4 is 10.9 Å². The number of nitrogens with zero attached hydrogens (tertiary/aromatic N) is 1. The van der Waals surface area contributed by atoms with Gasteiger partial charge in [-0.15, -0.1) is 0 Å². The quantitative estimate of drug-likeness (QED) is 0.520. The van der Waals surface area contributed by atoms with Gasteiger partial charge in [0.25, 0.3) is 11.5 Å². The Morgan fingerprint density at radius 1 is 0.833 bits per heavy atom. The number of benzene rings is 3. The van der Waals surface area contributed by atoms with Gasteiger partial charge in [0.15, 0.2) is 0 Å². The Hall–Kier alpha value is -3.86. The van der Waals surface area contributed by atoms with Crippen molar-refractivity contribution in [2.45, 2.75) is 13.0 Å². The fraction of sp³-hybridized carbons (Fsp3) is 0.120. The van der Waals surface area contributed by atoms with Crippen molar-refractivity contribution >= 4 is 16.7 Å². The van der Waals surface area contributed by atoms with Crippen LogP contribution in [0.15, 0.2) is 89.9 Å². The lowest BCUT2D eigenvalue weighted by molar-refractivity contribution is 0.0955. The molecular weight excluding hydrogens is 376 g/mol. The number of carbonyl (C=O) groups is 1. The first kappa shape index (κ1) is 19.5. The third-order valence-electron chi connectivity index (χ3n) is 5.07. The Morgan fingerprint density at radius 2 is 1.50 bits per heavy atom. The van der Waals surface area contributed by atoms with Crippen molar-refractivity contribution in [3.63, 3.8) is 0 Å². The predicted octanol–water partition coefficient (Wildman–Crippen LogP) is 3.73. The molecule has 0 aliphatic heterocycles. The van der Waals surface area contributed by atoms with Crippen molar-refractivity contribution in [3.8, 4) is 5.75 Å². The summed E-state index contributed by atoms with van der Waals surface area (Å²) in [5, 5.41) is 13.5. The van der Waals surface area contributed by atoms with Crippen LogP contribution in [0.2, 0.25) is 0 Å². The molecule has 3 aromatic carbocycles. The van der Waals surface area contributed by atoms with Gasteiger partial charge < -0.3 is 15.0 Å². The first-order valence-electron chi connectivity index (χ1n) is 9.84. The van der Waals surface area contributed by atoms with Crippen molar-refractivity contribution in [1.82, 2.24) is 9.88 Å². The molecule has 0 aliphatic carbocycles. The van der Waals surface area contributed by atoms with Crippen LogP contribution in [-0.2, 0) is 13.0 Å². The molecule has 4 aromatic rings. The lowest BCUT2D eigenvalue weighted by atomic mass is 10.1. The zero-order valence-corrected chi connectivity index (χ0v) is 16.4. The third-order valence-corrected chi connectivity index (χ3v) is 5.07. The van der Waals surface area contributed by atoms with Gasteiger partial charge in [0.2, 0.25) is 0 Å². The van der Waals surface area contributed by atoms with E-state index in [1.807, 2.05) is 54.6 Å². The SMILES string of the molecule is O=C(NCCc1ccc(O)cc1)c1cn(Cc2ccccc2)c(=O)c2ccccc12. The number of amides is 1. The number of rotatable bonds is 6. The molecule has 0 aliphatic rings. The summed E-state index contributed by atoms with van der Waals surface area (Å²) in [7, 11) is 0. The van der Waals surface area contributed by atoms with E-state index in [-0.39, 0.29) is 17.2 Å². The Balaban J connectivity index is 1.60. The molecule has 0 saturated heterocycles. The minimum atomic E-state index is -0.216. The second kappa shape index (κ2) is 8.66. The number of aromatic nitrogens is 1. The van der Waals surface area contributed by atoms with E-state index < -0.39 is 0 Å². The summed E-state index contributed by atoms with van der Waals surface area (Å²) >= 11 is 0. The van der Waals surface area contributed by atoms with E-state index in [0.717, 1.165) is 11.1 Å². The summed E-state index contributed by atoms with van der Waals surface area (Å²) in [4.78, 5) is 25.9. The van der Waals surface area contributed by atoms with Gasteiger partial charge in [0.1, 0.15) is 5.75 Å². The topological polar surface area (TPSA) is 71.3 Å². The van der Waals surface area contributed by atoms with Gasteiger partial charge in [-0.05, 0) is 35.7 Å². The molecule has 5 heteroatoms.